The SMILES string of the molecule is Cn1ccn(-c2ccc(-c3cc(F)cc(-c4ccnc(N5CCC(C)(NC(=O)OC(C)(C)C)C5)c4)c3O)cc2Cl)c1=O. The van der Waals surface area contributed by atoms with Crippen molar-refractivity contribution in [3.8, 4) is 33.7 Å². The van der Waals surface area contributed by atoms with Crippen LogP contribution in [0.1, 0.15) is 34.1 Å². The molecule has 9 nitrogen and oxygen atoms in total. The highest BCUT2D eigenvalue weighted by Gasteiger charge is 2.37. The van der Waals surface area contributed by atoms with Crippen molar-refractivity contribution in [3.63, 3.8) is 0 Å². The predicted octanol–water partition coefficient (Wildman–Crippen LogP) is 5.90. The number of phenols is 1. The van der Waals surface area contributed by atoms with Gasteiger partial charge in [0, 0.05) is 49.9 Å². The summed E-state index contributed by atoms with van der Waals surface area (Å²) in [4.78, 5) is 31.3. The zero-order chi connectivity index (χ0) is 30.4. The first-order chi connectivity index (χ1) is 19.7. The molecular formula is C31H33ClFN5O4. The summed E-state index contributed by atoms with van der Waals surface area (Å²) in [6.07, 6.45) is 5.04. The van der Waals surface area contributed by atoms with E-state index in [2.05, 4.69) is 10.3 Å². The molecule has 2 N–H and O–H groups in total. The Balaban J connectivity index is 1.42. The van der Waals surface area contributed by atoms with E-state index in [9.17, 15) is 19.1 Å². The van der Waals surface area contributed by atoms with Crippen LogP contribution in [0.15, 0.2) is 65.8 Å². The Kier molecular flexibility index (Phi) is 7.53. The number of aryl methyl sites for hydroxylation is 1. The van der Waals surface area contributed by atoms with E-state index in [1.54, 1.807) is 56.0 Å². The van der Waals surface area contributed by atoms with Crippen molar-refractivity contribution in [1.29, 1.82) is 0 Å². The van der Waals surface area contributed by atoms with E-state index in [0.717, 1.165) is 0 Å². The first-order valence-corrected chi connectivity index (χ1v) is 13.9. The highest BCUT2D eigenvalue weighted by Crippen LogP contribution is 2.41. The molecule has 4 aromatic rings. The van der Waals surface area contributed by atoms with Crippen molar-refractivity contribution >= 4 is 23.5 Å². The number of imidazole rings is 1. The summed E-state index contributed by atoms with van der Waals surface area (Å²) in [5.74, 6) is -0.0221. The molecule has 0 bridgehead atoms. The van der Waals surface area contributed by atoms with Crippen LogP contribution in [0, 0.1) is 5.82 Å². The van der Waals surface area contributed by atoms with Crippen molar-refractivity contribution < 1.29 is 19.0 Å². The lowest BCUT2D eigenvalue weighted by molar-refractivity contribution is 0.0473. The molecular weight excluding hydrogens is 561 g/mol. The summed E-state index contributed by atoms with van der Waals surface area (Å²) in [5, 5.41) is 14.6. The molecule has 2 aromatic heterocycles. The molecule has 5 rings (SSSR count). The number of hydrogen-bond donors (Lipinski definition) is 2. The van der Waals surface area contributed by atoms with E-state index in [-0.39, 0.29) is 22.0 Å². The first kappa shape index (κ1) is 29.2. The Bertz CT molecular complexity index is 1730. The standard InChI is InChI=1S/C31H33ClFN5O4/c1-30(2,3)42-28(40)35-31(4)9-11-37(18-31)26-15-20(8-10-34-26)23-17-21(33)16-22(27(23)39)19-6-7-25(24(32)14-19)38-13-12-36(5)29(38)41/h6-8,10,12-17,39H,9,11,18H2,1-5H3,(H,35,40). The number of hydrogen-bond acceptors (Lipinski definition) is 6. The number of aromatic hydroxyl groups is 1. The van der Waals surface area contributed by atoms with Gasteiger partial charge in [-0.05, 0) is 81.6 Å². The van der Waals surface area contributed by atoms with Gasteiger partial charge in [-0.1, -0.05) is 17.7 Å². The number of amides is 1. The third-order valence-electron chi connectivity index (χ3n) is 7.20. The predicted molar refractivity (Wildman–Crippen MR) is 161 cm³/mol. The van der Waals surface area contributed by atoms with Gasteiger partial charge >= 0.3 is 11.8 Å². The highest BCUT2D eigenvalue weighted by atomic mass is 35.5. The van der Waals surface area contributed by atoms with E-state index in [0.29, 0.717) is 47.7 Å². The minimum absolute atomic E-state index is 0.118. The van der Waals surface area contributed by atoms with Crippen molar-refractivity contribution in [2.75, 3.05) is 18.0 Å². The second kappa shape index (κ2) is 10.8. The average molecular weight is 594 g/mol. The zero-order valence-electron chi connectivity index (χ0n) is 24.1. The lowest BCUT2D eigenvalue weighted by Crippen LogP contribution is -2.49. The molecule has 0 saturated carbocycles. The summed E-state index contributed by atoms with van der Waals surface area (Å²) in [6.45, 7) is 8.53. The van der Waals surface area contributed by atoms with Crippen molar-refractivity contribution in [3.05, 3.63) is 82.4 Å². The number of benzene rings is 2. The molecule has 42 heavy (non-hydrogen) atoms. The maximum atomic E-state index is 15.0. The number of anilines is 1. The molecule has 11 heteroatoms. The number of phenolic OH excluding ortho intramolecular Hbond substituents is 1. The van der Waals surface area contributed by atoms with Crippen LogP contribution in [0.2, 0.25) is 5.02 Å². The molecule has 0 radical (unpaired) electrons. The molecule has 1 fully saturated rings. The largest absolute Gasteiger partial charge is 0.507 e. The van der Waals surface area contributed by atoms with E-state index < -0.39 is 23.1 Å². The van der Waals surface area contributed by atoms with Crippen LogP contribution in [0.4, 0.5) is 15.0 Å². The molecule has 3 heterocycles. The number of aromatic nitrogens is 3. The van der Waals surface area contributed by atoms with Gasteiger partial charge in [-0.2, -0.15) is 0 Å². The highest BCUT2D eigenvalue weighted by molar-refractivity contribution is 6.32. The normalized spacial score (nSPS) is 17.0. The van der Waals surface area contributed by atoms with Crippen LogP contribution in [-0.2, 0) is 11.8 Å². The first-order valence-electron chi connectivity index (χ1n) is 13.5. The summed E-state index contributed by atoms with van der Waals surface area (Å²) in [7, 11) is 1.64. The molecule has 0 spiro atoms. The summed E-state index contributed by atoms with van der Waals surface area (Å²) < 4.78 is 23.2. The average Bonchev–Trinajstić information content (AvgIpc) is 3.45. The molecule has 0 aliphatic carbocycles. The molecule has 1 saturated heterocycles. The minimum atomic E-state index is -0.602. The fourth-order valence-electron chi connectivity index (χ4n) is 5.12. The number of carbonyl (C=O) groups excluding carboxylic acids is 1. The molecule has 2 aromatic carbocycles. The maximum Gasteiger partial charge on any atom is 0.408 e. The monoisotopic (exact) mass is 593 g/mol. The number of pyridine rings is 1. The molecule has 1 aliphatic heterocycles. The molecule has 1 amide bonds. The van der Waals surface area contributed by atoms with Crippen molar-refractivity contribution in [2.24, 2.45) is 7.05 Å². The Morgan fingerprint density at radius 2 is 1.81 bits per heavy atom. The molecule has 1 unspecified atom stereocenters. The second-order valence-electron chi connectivity index (χ2n) is 11.8. The summed E-state index contributed by atoms with van der Waals surface area (Å²) in [5.41, 5.74) is 0.705. The number of alkyl carbamates (subject to hydrolysis) is 1. The van der Waals surface area contributed by atoms with Gasteiger partial charge < -0.3 is 24.6 Å². The van der Waals surface area contributed by atoms with Crippen LogP contribution in [-0.4, -0.2) is 49.5 Å². The van der Waals surface area contributed by atoms with Crippen LogP contribution >= 0.6 is 11.6 Å². The van der Waals surface area contributed by atoms with Gasteiger partial charge in [-0.3, -0.25) is 4.57 Å². The number of nitrogens with zero attached hydrogens (tertiary/aromatic N) is 4. The minimum Gasteiger partial charge on any atom is -0.507 e. The fraction of sp³-hybridized carbons (Fsp3) is 0.323. The quantitative estimate of drug-likeness (QED) is 0.299. The third kappa shape index (κ3) is 5.99. The van der Waals surface area contributed by atoms with E-state index in [1.165, 1.54) is 21.3 Å². The summed E-state index contributed by atoms with van der Waals surface area (Å²) in [6, 6.07) is 10.9. The number of nitrogens with one attached hydrogen (secondary N) is 1. The van der Waals surface area contributed by atoms with Gasteiger partial charge in [-0.15, -0.1) is 0 Å². The maximum absolute atomic E-state index is 15.0. The lowest BCUT2D eigenvalue weighted by Gasteiger charge is -2.28. The number of carbonyl (C=O) groups is 1. The van der Waals surface area contributed by atoms with Crippen LogP contribution in [0.3, 0.4) is 0 Å². The Hall–Kier alpha value is -4.31. The fourth-order valence-corrected chi connectivity index (χ4v) is 5.40. The number of ether oxygens (including phenoxy) is 1. The van der Waals surface area contributed by atoms with Crippen molar-refractivity contribution in [1.82, 2.24) is 19.4 Å². The van der Waals surface area contributed by atoms with Crippen LogP contribution < -0.4 is 15.9 Å². The Morgan fingerprint density at radius 3 is 2.43 bits per heavy atom. The van der Waals surface area contributed by atoms with Gasteiger partial charge in [0.1, 0.15) is 23.0 Å². The van der Waals surface area contributed by atoms with E-state index in [1.807, 2.05) is 32.6 Å². The molecule has 1 aliphatic rings. The van der Waals surface area contributed by atoms with E-state index >= 15 is 0 Å². The number of halogens is 2. The van der Waals surface area contributed by atoms with Gasteiger partial charge in [0.25, 0.3) is 0 Å². The Labute approximate surface area is 248 Å². The van der Waals surface area contributed by atoms with Gasteiger partial charge in [0.2, 0.25) is 0 Å². The molecule has 220 valence electrons. The van der Waals surface area contributed by atoms with Crippen LogP contribution in [0.5, 0.6) is 5.75 Å². The Morgan fingerprint density at radius 1 is 1.12 bits per heavy atom. The van der Waals surface area contributed by atoms with Crippen LogP contribution in [0.25, 0.3) is 27.9 Å². The van der Waals surface area contributed by atoms with Gasteiger partial charge in [-0.25, -0.2) is 19.0 Å². The third-order valence-corrected chi connectivity index (χ3v) is 7.50. The lowest BCUT2D eigenvalue weighted by atomic mass is 9.97. The topological polar surface area (TPSA) is 102 Å². The van der Waals surface area contributed by atoms with Crippen molar-refractivity contribution in [2.45, 2.75) is 45.3 Å². The van der Waals surface area contributed by atoms with Gasteiger partial charge in [0.15, 0.2) is 0 Å². The second-order valence-corrected chi connectivity index (χ2v) is 12.2. The molecule has 1 atom stereocenters. The smallest absolute Gasteiger partial charge is 0.408 e. The van der Waals surface area contributed by atoms with Gasteiger partial charge in [0.05, 0.1) is 16.2 Å². The summed E-state index contributed by atoms with van der Waals surface area (Å²) >= 11 is 6.53. The van der Waals surface area contributed by atoms with E-state index in [4.69, 9.17) is 16.3 Å². The zero-order valence-corrected chi connectivity index (χ0v) is 24.9. The number of rotatable bonds is 5.